The first-order valence-corrected chi connectivity index (χ1v) is 19.0. The van der Waals surface area contributed by atoms with Gasteiger partial charge in [0.2, 0.25) is 0 Å². The third-order valence-corrected chi connectivity index (χ3v) is 12.1. The number of hydrogen-bond acceptors (Lipinski definition) is 13. The van der Waals surface area contributed by atoms with E-state index in [9.17, 15) is 24.4 Å². The number of β-lactam (4-membered cyclic amide) rings is 1. The first-order chi connectivity index (χ1) is 24.8. The molecule has 1 unspecified atom stereocenters. The summed E-state index contributed by atoms with van der Waals surface area (Å²) in [5.41, 5.74) is 7.36. The van der Waals surface area contributed by atoms with Crippen molar-refractivity contribution in [1.82, 2.24) is 15.2 Å². The number of anilines is 1. The summed E-state index contributed by atoms with van der Waals surface area (Å²) >= 11 is 5.23. The van der Waals surface area contributed by atoms with Gasteiger partial charge in [-0.15, -0.1) is 34.4 Å². The monoisotopic (exact) mass is 753 g/mol. The normalized spacial score (nSPS) is 17.5. The fraction of sp³-hybridized carbons (Fsp3) is 0.111. The van der Waals surface area contributed by atoms with Gasteiger partial charge in [-0.05, 0) is 40.3 Å². The third-order valence-electron chi connectivity index (χ3n) is 8.05. The number of esters is 1. The van der Waals surface area contributed by atoms with E-state index < -0.39 is 41.0 Å². The molecule has 51 heavy (non-hydrogen) atoms. The second-order valence-corrected chi connectivity index (χ2v) is 15.5. The van der Waals surface area contributed by atoms with Crippen LogP contribution in [0.2, 0.25) is 0 Å². The topological polar surface area (TPSA) is 164 Å². The maximum atomic E-state index is 14.3. The number of nitrogen functional groups attached to an aromatic ring is 1. The number of allylic oxidation sites excluding steroid dienone is 1. The van der Waals surface area contributed by atoms with Crippen molar-refractivity contribution in [3.8, 4) is 0 Å². The average molecular weight is 754 g/mol. The molecule has 2 aliphatic heterocycles. The average Bonchev–Trinajstić information content (AvgIpc) is 3.58. The van der Waals surface area contributed by atoms with Gasteiger partial charge in [-0.1, -0.05) is 89.7 Å². The first-order valence-electron chi connectivity index (χ1n) is 15.4. The van der Waals surface area contributed by atoms with Crippen molar-refractivity contribution in [2.24, 2.45) is 5.16 Å². The minimum atomic E-state index is -1.02. The van der Waals surface area contributed by atoms with E-state index in [1.807, 2.05) is 78.9 Å². The molecule has 0 aliphatic carbocycles. The molecule has 0 radical (unpaired) electrons. The van der Waals surface area contributed by atoms with Crippen LogP contribution in [0.4, 0.5) is 5.13 Å². The lowest BCUT2D eigenvalue weighted by Crippen LogP contribution is -2.71. The Hall–Kier alpha value is -5.22. The van der Waals surface area contributed by atoms with Crippen LogP contribution in [0.3, 0.4) is 0 Å². The largest absolute Gasteiger partial charge is 0.448 e. The van der Waals surface area contributed by atoms with E-state index in [-0.39, 0.29) is 22.0 Å². The number of oxime groups is 1. The number of nitrogens with zero attached hydrogens (tertiary/aromatic N) is 3. The zero-order chi connectivity index (χ0) is 35.5. The quantitative estimate of drug-likeness (QED) is 0.0398. The molecule has 0 saturated carbocycles. The molecule has 2 amide bonds. The number of carbonyl (C=O) groups excluding carboxylic acids is 3. The highest BCUT2D eigenvalue weighted by molar-refractivity contribution is 8.04. The smallest absolute Gasteiger partial charge is 0.356 e. The number of nitrogens with two attached hydrogens (primary N) is 1. The summed E-state index contributed by atoms with van der Waals surface area (Å²) in [7, 11) is 0. The van der Waals surface area contributed by atoms with Crippen molar-refractivity contribution in [3.63, 3.8) is 0 Å². The first kappa shape index (κ1) is 34.2. The number of carbonyl (C=O) groups is 3. The number of hydrogen-bond donors (Lipinski definition) is 3. The van der Waals surface area contributed by atoms with Crippen molar-refractivity contribution in [2.45, 2.75) is 21.7 Å². The van der Waals surface area contributed by atoms with Crippen LogP contribution in [0.15, 0.2) is 133 Å². The summed E-state index contributed by atoms with van der Waals surface area (Å²) in [6.45, 7) is 0. The van der Waals surface area contributed by atoms with E-state index in [1.165, 1.54) is 45.1 Å². The minimum absolute atomic E-state index is 0.0537. The van der Waals surface area contributed by atoms with Gasteiger partial charge in [-0.3, -0.25) is 19.3 Å². The van der Waals surface area contributed by atoms with Crippen molar-refractivity contribution in [1.29, 1.82) is 0 Å². The molecule has 1 saturated heterocycles. The Morgan fingerprint density at radius 2 is 1.73 bits per heavy atom. The van der Waals surface area contributed by atoms with E-state index in [4.69, 9.17) is 10.5 Å². The van der Waals surface area contributed by atoms with Crippen LogP contribution in [-0.4, -0.2) is 55.8 Å². The lowest BCUT2D eigenvalue weighted by molar-refractivity contribution is -0.154. The van der Waals surface area contributed by atoms with Crippen LogP contribution in [0, 0.1) is 0 Å². The Bertz CT molecular complexity index is 2250. The fourth-order valence-corrected chi connectivity index (χ4v) is 9.49. The highest BCUT2D eigenvalue weighted by atomic mass is 32.2. The molecule has 1 fully saturated rings. The molecule has 0 bridgehead atoms. The number of ether oxygens (including phenoxy) is 1. The van der Waals surface area contributed by atoms with Crippen molar-refractivity contribution in [2.75, 3.05) is 11.5 Å². The number of amides is 2. The van der Waals surface area contributed by atoms with Gasteiger partial charge in [0.15, 0.2) is 22.4 Å². The molecule has 5 aromatic rings. The van der Waals surface area contributed by atoms with E-state index in [1.54, 1.807) is 23.6 Å². The molecular weight excluding hydrogens is 727 g/mol. The standard InChI is InChI=1S/C36H27N5O6S4/c37-36-38-24(19-50-36)28(40-46)32(43)39-29-33(44)41-30(35(45)47-31(20-9-3-1-4-10-20)21-11-5-2-6-12-21)22(18-49-34(29)41)15-16-48-27-17-25(42)23-13-7-8-14-26(23)51-27/h1-17,19,29,31,34,46H,18H2,(H2,37,38)(H,39,43)/t29?,34-/m1/s1. The highest BCUT2D eigenvalue weighted by Crippen LogP contribution is 2.42. The molecule has 11 nitrogen and oxygen atoms in total. The summed E-state index contributed by atoms with van der Waals surface area (Å²) < 4.78 is 7.84. The fourth-order valence-electron chi connectivity index (χ4n) is 5.65. The maximum absolute atomic E-state index is 14.3. The molecule has 2 aliphatic rings. The molecule has 15 heteroatoms. The van der Waals surface area contributed by atoms with Crippen molar-refractivity contribution in [3.05, 3.63) is 146 Å². The van der Waals surface area contributed by atoms with E-state index in [2.05, 4.69) is 15.5 Å². The van der Waals surface area contributed by atoms with E-state index in [0.29, 0.717) is 16.7 Å². The number of fused-ring (bicyclic) bond motifs is 2. The molecule has 4 N–H and O–H groups in total. The number of thiazole rings is 1. The van der Waals surface area contributed by atoms with Crippen LogP contribution in [0.5, 0.6) is 0 Å². The molecule has 4 heterocycles. The Balaban J connectivity index is 1.19. The number of aromatic nitrogens is 1. The lowest BCUT2D eigenvalue weighted by Gasteiger charge is -2.49. The Morgan fingerprint density at radius 1 is 1.04 bits per heavy atom. The van der Waals surface area contributed by atoms with Crippen LogP contribution in [0.25, 0.3) is 10.1 Å². The SMILES string of the molecule is Nc1nc(C(=NO)C(=O)NC2C(=O)N3C(C(=O)OC(c4ccccc4)c4ccccc4)=C(C=CSc4cc(=O)c5ccccc5s4)CS[C@H]23)cs1. The number of nitrogens with one attached hydrogen (secondary N) is 1. The van der Waals surface area contributed by atoms with Gasteiger partial charge >= 0.3 is 5.97 Å². The maximum Gasteiger partial charge on any atom is 0.356 e. The second kappa shape index (κ2) is 14.9. The second-order valence-electron chi connectivity index (χ2n) is 11.2. The predicted molar refractivity (Wildman–Crippen MR) is 201 cm³/mol. The predicted octanol–water partition coefficient (Wildman–Crippen LogP) is 5.77. The molecule has 2 aromatic heterocycles. The lowest BCUT2D eigenvalue weighted by atomic mass is 10.0. The van der Waals surface area contributed by atoms with Gasteiger partial charge in [-0.2, -0.15) is 0 Å². The molecular formula is C36H27N5O6S4. The summed E-state index contributed by atoms with van der Waals surface area (Å²) in [5.74, 6) is -1.77. The van der Waals surface area contributed by atoms with Gasteiger partial charge < -0.3 is 21.0 Å². The number of benzene rings is 3. The molecule has 2 atom stereocenters. The Kier molecular flexibility index (Phi) is 10.0. The molecule has 7 rings (SSSR count). The number of rotatable bonds is 10. The van der Waals surface area contributed by atoms with Crippen molar-refractivity contribution < 1.29 is 24.3 Å². The van der Waals surface area contributed by atoms with E-state index >= 15 is 0 Å². The van der Waals surface area contributed by atoms with Gasteiger partial charge in [0.1, 0.15) is 22.8 Å². The summed E-state index contributed by atoms with van der Waals surface area (Å²) in [5, 5.41) is 18.7. The van der Waals surface area contributed by atoms with Gasteiger partial charge in [0.05, 0.1) is 4.21 Å². The van der Waals surface area contributed by atoms with Crippen LogP contribution in [0.1, 0.15) is 22.9 Å². The molecule has 0 spiro atoms. The molecule has 256 valence electrons. The summed E-state index contributed by atoms with van der Waals surface area (Å²) in [6, 6.07) is 26.6. The van der Waals surface area contributed by atoms with Crippen LogP contribution >= 0.6 is 46.2 Å². The Morgan fingerprint density at radius 3 is 2.39 bits per heavy atom. The zero-order valence-electron chi connectivity index (χ0n) is 26.4. The third kappa shape index (κ3) is 7.05. The zero-order valence-corrected chi connectivity index (χ0v) is 29.6. The summed E-state index contributed by atoms with van der Waals surface area (Å²) in [4.78, 5) is 59.2. The van der Waals surface area contributed by atoms with Crippen LogP contribution in [-0.2, 0) is 19.1 Å². The van der Waals surface area contributed by atoms with Gasteiger partial charge in [-0.25, -0.2) is 9.78 Å². The number of thioether (sulfide) groups is 2. The molecule has 3 aromatic carbocycles. The van der Waals surface area contributed by atoms with E-state index in [0.717, 1.165) is 31.4 Å². The highest BCUT2D eigenvalue weighted by Gasteiger charge is 2.54. The van der Waals surface area contributed by atoms with Gasteiger partial charge in [0, 0.05) is 27.3 Å². The van der Waals surface area contributed by atoms with Crippen molar-refractivity contribution >= 4 is 84.9 Å². The summed E-state index contributed by atoms with van der Waals surface area (Å²) in [6.07, 6.45) is 0.981. The minimum Gasteiger partial charge on any atom is -0.448 e. The Labute approximate surface area is 307 Å². The van der Waals surface area contributed by atoms with Gasteiger partial charge in [0.25, 0.3) is 11.8 Å². The van der Waals surface area contributed by atoms with Crippen LogP contribution < -0.4 is 16.5 Å².